The highest BCUT2D eigenvalue weighted by molar-refractivity contribution is 5.75. The minimum Gasteiger partial charge on any atom is -0.460 e. The summed E-state index contributed by atoms with van der Waals surface area (Å²) in [5, 5.41) is 5.99. The lowest BCUT2D eigenvalue weighted by molar-refractivity contribution is 0.376. The maximum Gasteiger partial charge on any atom is 0.147 e. The van der Waals surface area contributed by atoms with Crippen molar-refractivity contribution in [3.63, 3.8) is 0 Å². The molecule has 0 atom stereocenters. The fourth-order valence-electron chi connectivity index (χ4n) is 0.760. The van der Waals surface area contributed by atoms with Crippen molar-refractivity contribution in [1.29, 1.82) is 0 Å². The van der Waals surface area contributed by atoms with Crippen LogP contribution in [-0.4, -0.2) is 24.8 Å². The first kappa shape index (κ1) is 8.84. The molecule has 3 heteroatoms. The summed E-state index contributed by atoms with van der Waals surface area (Å²) >= 11 is 0. The Morgan fingerprint density at radius 2 is 2.33 bits per heavy atom. The number of hydrazone groups is 1. The lowest BCUT2D eigenvalue weighted by Crippen LogP contribution is -2.09. The summed E-state index contributed by atoms with van der Waals surface area (Å²) in [5.41, 5.74) is 0. The highest BCUT2D eigenvalue weighted by Gasteiger charge is 1.93. The third-order valence-corrected chi connectivity index (χ3v) is 1.60. The third kappa shape index (κ3) is 2.42. The molecule has 1 rings (SSSR count). The maximum atomic E-state index is 5.30. The van der Waals surface area contributed by atoms with E-state index in [1.807, 2.05) is 38.0 Å². The van der Waals surface area contributed by atoms with Gasteiger partial charge in [0, 0.05) is 13.6 Å². The van der Waals surface area contributed by atoms with Crippen molar-refractivity contribution < 1.29 is 4.42 Å². The fraction of sp³-hybridized carbons (Fsp3) is 0.444. The van der Waals surface area contributed by atoms with E-state index in [1.165, 1.54) is 0 Å². The highest BCUT2D eigenvalue weighted by Crippen LogP contribution is 2.03. The molecule has 0 aliphatic heterocycles. The Labute approximate surface area is 72.7 Å². The molecule has 0 saturated heterocycles. The lowest BCUT2D eigenvalue weighted by Gasteiger charge is -2.06. The van der Waals surface area contributed by atoms with Gasteiger partial charge in [-0.3, -0.25) is 0 Å². The van der Waals surface area contributed by atoms with Crippen LogP contribution in [-0.2, 0) is 0 Å². The molecule has 0 aromatic carbocycles. The van der Waals surface area contributed by atoms with E-state index in [4.69, 9.17) is 4.42 Å². The molecule has 0 N–H and O–H groups in total. The standard InChI is InChI=1S/C9H14N2O/c1-4-11(3)10-7-9-6-5-8(2)12-9/h5-7H,4H2,1-3H3/b10-7+. The molecule has 0 aliphatic carbocycles. The number of nitrogens with zero attached hydrogens (tertiary/aromatic N) is 2. The van der Waals surface area contributed by atoms with Crippen molar-refractivity contribution in [3.05, 3.63) is 23.7 Å². The second kappa shape index (κ2) is 3.95. The molecular weight excluding hydrogens is 152 g/mol. The average Bonchev–Trinajstić information content (AvgIpc) is 2.47. The summed E-state index contributed by atoms with van der Waals surface area (Å²) in [4.78, 5) is 0. The number of hydrogen-bond donors (Lipinski definition) is 0. The third-order valence-electron chi connectivity index (χ3n) is 1.60. The van der Waals surface area contributed by atoms with Crippen LogP contribution in [0.5, 0.6) is 0 Å². The van der Waals surface area contributed by atoms with Gasteiger partial charge >= 0.3 is 0 Å². The average molecular weight is 166 g/mol. The molecule has 0 radical (unpaired) electrons. The maximum absolute atomic E-state index is 5.30. The van der Waals surface area contributed by atoms with Crippen LogP contribution < -0.4 is 0 Å². The molecule has 0 amide bonds. The van der Waals surface area contributed by atoms with Crippen molar-refractivity contribution >= 4 is 6.21 Å². The van der Waals surface area contributed by atoms with E-state index < -0.39 is 0 Å². The summed E-state index contributed by atoms with van der Waals surface area (Å²) in [7, 11) is 1.92. The predicted molar refractivity (Wildman–Crippen MR) is 49.3 cm³/mol. The SMILES string of the molecule is CCN(C)/N=C/c1ccc(C)o1. The van der Waals surface area contributed by atoms with Crippen molar-refractivity contribution in [2.45, 2.75) is 13.8 Å². The van der Waals surface area contributed by atoms with Gasteiger partial charge in [0.2, 0.25) is 0 Å². The molecule has 1 aromatic rings. The van der Waals surface area contributed by atoms with Crippen LogP contribution in [0, 0.1) is 6.92 Å². The van der Waals surface area contributed by atoms with Gasteiger partial charge in [0.25, 0.3) is 0 Å². The van der Waals surface area contributed by atoms with Crippen LogP contribution in [0.3, 0.4) is 0 Å². The summed E-state index contributed by atoms with van der Waals surface area (Å²) in [6.07, 6.45) is 1.72. The van der Waals surface area contributed by atoms with Gasteiger partial charge in [0.1, 0.15) is 11.5 Å². The van der Waals surface area contributed by atoms with Crippen molar-refractivity contribution in [2.24, 2.45) is 5.10 Å². The van der Waals surface area contributed by atoms with Crippen LogP contribution in [0.2, 0.25) is 0 Å². The monoisotopic (exact) mass is 166 g/mol. The minimum absolute atomic E-state index is 0.799. The first-order valence-electron chi connectivity index (χ1n) is 4.04. The van der Waals surface area contributed by atoms with Crippen molar-refractivity contribution in [1.82, 2.24) is 5.01 Å². The molecule has 3 nitrogen and oxygen atoms in total. The number of aryl methyl sites for hydroxylation is 1. The predicted octanol–water partition coefficient (Wildman–Crippen LogP) is 1.87. The zero-order valence-corrected chi connectivity index (χ0v) is 7.74. The van der Waals surface area contributed by atoms with Crippen molar-refractivity contribution in [2.75, 3.05) is 13.6 Å². The first-order chi connectivity index (χ1) is 5.72. The molecule has 0 saturated carbocycles. The van der Waals surface area contributed by atoms with E-state index in [-0.39, 0.29) is 0 Å². The minimum atomic E-state index is 0.799. The van der Waals surface area contributed by atoms with E-state index in [9.17, 15) is 0 Å². The Bertz CT molecular complexity index is 265. The Balaban J connectivity index is 2.57. The van der Waals surface area contributed by atoms with Crippen LogP contribution >= 0.6 is 0 Å². The zero-order valence-electron chi connectivity index (χ0n) is 7.74. The van der Waals surface area contributed by atoms with Gasteiger partial charge in [-0.25, -0.2) is 0 Å². The fourth-order valence-corrected chi connectivity index (χ4v) is 0.760. The highest BCUT2D eigenvalue weighted by atomic mass is 16.3. The van der Waals surface area contributed by atoms with E-state index in [1.54, 1.807) is 6.21 Å². The number of hydrogen-bond acceptors (Lipinski definition) is 3. The summed E-state index contributed by atoms with van der Waals surface area (Å²) in [6.45, 7) is 4.86. The van der Waals surface area contributed by atoms with E-state index >= 15 is 0 Å². The summed E-state index contributed by atoms with van der Waals surface area (Å²) < 4.78 is 5.30. The quantitative estimate of drug-likeness (QED) is 0.506. The molecule has 0 bridgehead atoms. The first-order valence-corrected chi connectivity index (χ1v) is 4.04. The molecule has 1 heterocycles. The zero-order chi connectivity index (χ0) is 8.97. The van der Waals surface area contributed by atoms with Gasteiger partial charge < -0.3 is 9.43 Å². The summed E-state index contributed by atoms with van der Waals surface area (Å²) in [5.74, 6) is 1.71. The van der Waals surface area contributed by atoms with Gasteiger partial charge in [-0.15, -0.1) is 0 Å². The van der Waals surface area contributed by atoms with Gasteiger partial charge in [-0.05, 0) is 26.0 Å². The summed E-state index contributed by atoms with van der Waals surface area (Å²) in [6, 6.07) is 3.83. The molecule has 0 unspecified atom stereocenters. The topological polar surface area (TPSA) is 28.7 Å². The largest absolute Gasteiger partial charge is 0.460 e. The molecule has 0 fully saturated rings. The van der Waals surface area contributed by atoms with Gasteiger partial charge in [0.05, 0.1) is 6.21 Å². The van der Waals surface area contributed by atoms with Crippen LogP contribution in [0.1, 0.15) is 18.4 Å². The van der Waals surface area contributed by atoms with Crippen LogP contribution in [0.25, 0.3) is 0 Å². The second-order valence-electron chi connectivity index (χ2n) is 2.67. The molecule has 1 aromatic heterocycles. The van der Waals surface area contributed by atoms with Crippen LogP contribution in [0.4, 0.5) is 0 Å². The smallest absolute Gasteiger partial charge is 0.147 e. The Hall–Kier alpha value is -1.25. The van der Waals surface area contributed by atoms with E-state index in [2.05, 4.69) is 5.10 Å². The number of rotatable bonds is 3. The second-order valence-corrected chi connectivity index (χ2v) is 2.67. The number of furan rings is 1. The van der Waals surface area contributed by atoms with E-state index in [0.717, 1.165) is 18.1 Å². The Morgan fingerprint density at radius 1 is 1.58 bits per heavy atom. The van der Waals surface area contributed by atoms with E-state index in [0.29, 0.717) is 0 Å². The molecular formula is C9H14N2O. The normalized spacial score (nSPS) is 10.9. The lowest BCUT2D eigenvalue weighted by atomic mass is 10.4. The van der Waals surface area contributed by atoms with Gasteiger partial charge in [-0.2, -0.15) is 5.10 Å². The van der Waals surface area contributed by atoms with Gasteiger partial charge in [-0.1, -0.05) is 0 Å². The molecule has 66 valence electrons. The van der Waals surface area contributed by atoms with Crippen molar-refractivity contribution in [3.8, 4) is 0 Å². The molecule has 0 aliphatic rings. The molecule has 0 spiro atoms. The Morgan fingerprint density at radius 3 is 2.83 bits per heavy atom. The van der Waals surface area contributed by atoms with Crippen LogP contribution in [0.15, 0.2) is 21.7 Å². The van der Waals surface area contributed by atoms with Gasteiger partial charge in [0.15, 0.2) is 0 Å². The molecule has 12 heavy (non-hydrogen) atoms. The Kier molecular flexibility index (Phi) is 2.91.